The largest absolute Gasteiger partial charge is 0.480 e. The number of pyridine rings is 1. The maximum atomic E-state index is 11.9. The molecule has 0 saturated carbocycles. The zero-order valence-electron chi connectivity index (χ0n) is 11.6. The van der Waals surface area contributed by atoms with E-state index in [4.69, 9.17) is 9.84 Å². The molecular weight excluding hydrogens is 262 g/mol. The van der Waals surface area contributed by atoms with E-state index in [0.717, 1.165) is 11.3 Å². The molecule has 0 aliphatic carbocycles. The van der Waals surface area contributed by atoms with Crippen LogP contribution in [-0.2, 0) is 16.1 Å². The number of nitrogens with one attached hydrogen (secondary N) is 1. The molecule has 0 aromatic carbocycles. The van der Waals surface area contributed by atoms with Gasteiger partial charge >= 0.3 is 12.0 Å². The molecule has 7 nitrogen and oxygen atoms in total. The van der Waals surface area contributed by atoms with Crippen LogP contribution in [0.4, 0.5) is 4.79 Å². The molecule has 0 spiro atoms. The van der Waals surface area contributed by atoms with Gasteiger partial charge < -0.3 is 20.1 Å². The predicted octanol–water partition coefficient (Wildman–Crippen LogP) is 0.633. The number of nitrogens with zero attached hydrogens (tertiary/aromatic N) is 2. The molecule has 0 saturated heterocycles. The highest BCUT2D eigenvalue weighted by Gasteiger charge is 2.15. The summed E-state index contributed by atoms with van der Waals surface area (Å²) in [5.41, 5.74) is 1.75. The van der Waals surface area contributed by atoms with Crippen molar-refractivity contribution in [3.05, 3.63) is 29.6 Å². The summed E-state index contributed by atoms with van der Waals surface area (Å²) in [6.45, 7) is 2.33. The van der Waals surface area contributed by atoms with E-state index in [-0.39, 0.29) is 19.7 Å². The van der Waals surface area contributed by atoms with Gasteiger partial charge in [0.25, 0.3) is 0 Å². The molecular formula is C13H19N3O4. The van der Waals surface area contributed by atoms with E-state index in [2.05, 4.69) is 10.3 Å². The Kier molecular flexibility index (Phi) is 6.45. The molecule has 7 heteroatoms. The Morgan fingerprint density at radius 1 is 1.45 bits per heavy atom. The van der Waals surface area contributed by atoms with Gasteiger partial charge in [-0.2, -0.15) is 0 Å². The minimum Gasteiger partial charge on any atom is -0.480 e. The standard InChI is InChI=1S/C13H19N3O4/c1-10-3-4-11(7-14-10)8-15-13(19)16(5-6-20-2)9-12(17)18/h3-4,7H,5-6,8-9H2,1-2H3,(H,15,19)(H,17,18). The lowest BCUT2D eigenvalue weighted by Gasteiger charge is -2.20. The number of aliphatic carboxylic acids is 1. The highest BCUT2D eigenvalue weighted by atomic mass is 16.5. The van der Waals surface area contributed by atoms with Gasteiger partial charge in [0, 0.05) is 32.1 Å². The maximum Gasteiger partial charge on any atom is 0.323 e. The third-order valence-electron chi connectivity index (χ3n) is 2.60. The van der Waals surface area contributed by atoms with Crippen LogP contribution in [0.1, 0.15) is 11.3 Å². The number of aromatic nitrogens is 1. The Morgan fingerprint density at radius 3 is 2.75 bits per heavy atom. The van der Waals surface area contributed by atoms with Crippen LogP contribution in [0.5, 0.6) is 0 Å². The van der Waals surface area contributed by atoms with E-state index in [1.165, 1.54) is 12.0 Å². The molecule has 1 rings (SSSR count). The fraction of sp³-hybridized carbons (Fsp3) is 0.462. The van der Waals surface area contributed by atoms with Crippen LogP contribution in [0.2, 0.25) is 0 Å². The first kappa shape index (κ1) is 15.9. The molecule has 2 N–H and O–H groups in total. The van der Waals surface area contributed by atoms with Gasteiger partial charge in [0.1, 0.15) is 6.54 Å². The van der Waals surface area contributed by atoms with E-state index in [1.807, 2.05) is 19.1 Å². The van der Waals surface area contributed by atoms with Crippen LogP contribution in [0.25, 0.3) is 0 Å². The van der Waals surface area contributed by atoms with Crippen molar-refractivity contribution in [1.82, 2.24) is 15.2 Å². The lowest BCUT2D eigenvalue weighted by Crippen LogP contribution is -2.44. The van der Waals surface area contributed by atoms with Gasteiger partial charge in [0.05, 0.1) is 6.61 Å². The van der Waals surface area contributed by atoms with Crippen molar-refractivity contribution < 1.29 is 19.4 Å². The van der Waals surface area contributed by atoms with Crippen LogP contribution in [0.15, 0.2) is 18.3 Å². The van der Waals surface area contributed by atoms with Gasteiger partial charge in [-0.25, -0.2) is 4.79 Å². The predicted molar refractivity (Wildman–Crippen MR) is 72.3 cm³/mol. The fourth-order valence-corrected chi connectivity index (χ4v) is 1.51. The number of carboxylic acids is 1. The first-order chi connectivity index (χ1) is 9.52. The Balaban J connectivity index is 2.51. The Bertz CT molecular complexity index is 447. The molecule has 0 fully saturated rings. The smallest absolute Gasteiger partial charge is 0.323 e. The summed E-state index contributed by atoms with van der Waals surface area (Å²) in [4.78, 5) is 27.9. The van der Waals surface area contributed by atoms with E-state index in [1.54, 1.807) is 6.20 Å². The Morgan fingerprint density at radius 2 is 2.20 bits per heavy atom. The molecule has 0 unspecified atom stereocenters. The minimum atomic E-state index is -1.06. The van der Waals surface area contributed by atoms with Crippen molar-refractivity contribution >= 4 is 12.0 Å². The normalized spacial score (nSPS) is 10.1. The van der Waals surface area contributed by atoms with Gasteiger partial charge in [0.15, 0.2) is 0 Å². The number of carboxylic acid groups (broad SMARTS) is 1. The Hall–Kier alpha value is -2.15. The average Bonchev–Trinajstić information content (AvgIpc) is 2.42. The quantitative estimate of drug-likeness (QED) is 0.765. The number of hydrogen-bond donors (Lipinski definition) is 2. The molecule has 1 aromatic heterocycles. The fourth-order valence-electron chi connectivity index (χ4n) is 1.51. The summed E-state index contributed by atoms with van der Waals surface area (Å²) in [7, 11) is 1.49. The summed E-state index contributed by atoms with van der Waals surface area (Å²) < 4.78 is 4.86. The summed E-state index contributed by atoms with van der Waals surface area (Å²) in [6, 6.07) is 3.27. The molecule has 1 heterocycles. The SMILES string of the molecule is COCCN(CC(=O)O)C(=O)NCc1ccc(C)nc1. The van der Waals surface area contributed by atoms with Gasteiger partial charge in [-0.1, -0.05) is 6.07 Å². The van der Waals surface area contributed by atoms with Crippen LogP contribution in [0.3, 0.4) is 0 Å². The van der Waals surface area contributed by atoms with Crippen molar-refractivity contribution in [1.29, 1.82) is 0 Å². The Labute approximate surface area is 117 Å². The molecule has 0 bridgehead atoms. The second kappa shape index (κ2) is 8.11. The van der Waals surface area contributed by atoms with E-state index in [0.29, 0.717) is 6.54 Å². The summed E-state index contributed by atoms with van der Waals surface area (Å²) in [5.74, 6) is -1.06. The van der Waals surface area contributed by atoms with Crippen LogP contribution < -0.4 is 5.32 Å². The first-order valence-corrected chi connectivity index (χ1v) is 6.18. The van der Waals surface area contributed by atoms with E-state index in [9.17, 15) is 9.59 Å². The molecule has 0 aliphatic heterocycles. The molecule has 2 amide bonds. The van der Waals surface area contributed by atoms with Gasteiger partial charge in [-0.05, 0) is 18.6 Å². The number of methoxy groups -OCH3 is 1. The van der Waals surface area contributed by atoms with Crippen molar-refractivity contribution in [2.24, 2.45) is 0 Å². The lowest BCUT2D eigenvalue weighted by atomic mass is 10.2. The van der Waals surface area contributed by atoms with E-state index < -0.39 is 12.0 Å². The number of ether oxygens (including phenoxy) is 1. The summed E-state index contributed by atoms with van der Waals surface area (Å²) in [6.07, 6.45) is 1.67. The van der Waals surface area contributed by atoms with Crippen LogP contribution in [-0.4, -0.2) is 53.8 Å². The van der Waals surface area contributed by atoms with E-state index >= 15 is 0 Å². The number of aryl methyl sites for hydroxylation is 1. The zero-order chi connectivity index (χ0) is 15.0. The van der Waals surface area contributed by atoms with Crippen LogP contribution in [0, 0.1) is 6.92 Å². The second-order valence-electron chi connectivity index (χ2n) is 4.27. The first-order valence-electron chi connectivity index (χ1n) is 6.18. The average molecular weight is 281 g/mol. The summed E-state index contributed by atoms with van der Waals surface area (Å²) >= 11 is 0. The van der Waals surface area contributed by atoms with Gasteiger partial charge in [0.2, 0.25) is 0 Å². The van der Waals surface area contributed by atoms with Gasteiger partial charge in [-0.3, -0.25) is 9.78 Å². The number of urea groups is 1. The number of rotatable bonds is 7. The number of carbonyl (C=O) groups is 2. The summed E-state index contributed by atoms with van der Waals surface area (Å²) in [5, 5.41) is 11.4. The minimum absolute atomic E-state index is 0.223. The number of carbonyl (C=O) groups excluding carboxylic acids is 1. The van der Waals surface area contributed by atoms with Crippen molar-refractivity contribution in [2.75, 3.05) is 26.8 Å². The second-order valence-corrected chi connectivity index (χ2v) is 4.27. The number of hydrogen-bond acceptors (Lipinski definition) is 4. The molecule has 110 valence electrons. The van der Waals surface area contributed by atoms with Crippen LogP contribution >= 0.6 is 0 Å². The third kappa shape index (κ3) is 5.66. The highest BCUT2D eigenvalue weighted by molar-refractivity contribution is 5.80. The van der Waals surface area contributed by atoms with Crippen molar-refractivity contribution in [2.45, 2.75) is 13.5 Å². The molecule has 0 atom stereocenters. The maximum absolute atomic E-state index is 11.9. The topological polar surface area (TPSA) is 91.8 Å². The molecule has 0 aliphatic rings. The lowest BCUT2D eigenvalue weighted by molar-refractivity contribution is -0.137. The van der Waals surface area contributed by atoms with Crippen molar-refractivity contribution in [3.63, 3.8) is 0 Å². The van der Waals surface area contributed by atoms with Crippen molar-refractivity contribution in [3.8, 4) is 0 Å². The zero-order valence-corrected chi connectivity index (χ0v) is 11.6. The monoisotopic (exact) mass is 281 g/mol. The third-order valence-corrected chi connectivity index (χ3v) is 2.60. The molecule has 1 aromatic rings. The molecule has 20 heavy (non-hydrogen) atoms. The number of amides is 2. The highest BCUT2D eigenvalue weighted by Crippen LogP contribution is 1.99. The van der Waals surface area contributed by atoms with Gasteiger partial charge in [-0.15, -0.1) is 0 Å². The molecule has 0 radical (unpaired) electrons.